The van der Waals surface area contributed by atoms with Crippen molar-refractivity contribution in [2.75, 3.05) is 0 Å². The molecule has 78 valence electrons. The molecule has 2 aromatic rings. The number of benzene rings is 1. The van der Waals surface area contributed by atoms with Crippen molar-refractivity contribution in [3.05, 3.63) is 52.7 Å². The Morgan fingerprint density at radius 3 is 2.50 bits per heavy atom. The fourth-order valence-electron chi connectivity index (χ4n) is 2.20. The van der Waals surface area contributed by atoms with Crippen LogP contribution in [0, 0.1) is 13.8 Å². The Balaban J connectivity index is 2.42. The minimum absolute atomic E-state index is 0.110. The van der Waals surface area contributed by atoms with Gasteiger partial charge in [-0.2, -0.15) is 0 Å². The van der Waals surface area contributed by atoms with Crippen molar-refractivity contribution in [3.8, 4) is 11.3 Å². The predicted octanol–water partition coefficient (Wildman–Crippen LogP) is 2.91. The first kappa shape index (κ1) is 9.28. The molecule has 1 aliphatic rings. The lowest BCUT2D eigenvalue weighted by molar-refractivity contribution is 0.104. The van der Waals surface area contributed by atoms with E-state index in [1.165, 1.54) is 0 Å². The van der Waals surface area contributed by atoms with Crippen LogP contribution in [0.5, 0.6) is 0 Å². The van der Waals surface area contributed by atoms with E-state index in [1.807, 2.05) is 44.3 Å². The molecule has 16 heavy (non-hydrogen) atoms. The molecule has 1 aliphatic carbocycles. The van der Waals surface area contributed by atoms with Gasteiger partial charge >= 0.3 is 0 Å². The number of fused-ring (bicyclic) bond motifs is 3. The van der Waals surface area contributed by atoms with Crippen LogP contribution < -0.4 is 0 Å². The van der Waals surface area contributed by atoms with Gasteiger partial charge in [0.2, 0.25) is 0 Å². The molecule has 0 atom stereocenters. The quantitative estimate of drug-likeness (QED) is 0.569. The lowest BCUT2D eigenvalue weighted by Gasteiger charge is -2.04. The maximum absolute atomic E-state index is 12.2. The summed E-state index contributed by atoms with van der Waals surface area (Å²) in [6.45, 7) is 3.97. The summed E-state index contributed by atoms with van der Waals surface area (Å²) in [5, 5.41) is 0. The van der Waals surface area contributed by atoms with Crippen molar-refractivity contribution in [3.63, 3.8) is 0 Å². The van der Waals surface area contributed by atoms with E-state index in [4.69, 9.17) is 0 Å². The van der Waals surface area contributed by atoms with Gasteiger partial charge in [-0.05, 0) is 25.0 Å². The summed E-state index contributed by atoms with van der Waals surface area (Å²) < 4.78 is 0. The zero-order chi connectivity index (χ0) is 11.3. The van der Waals surface area contributed by atoms with Gasteiger partial charge in [0.25, 0.3) is 0 Å². The van der Waals surface area contributed by atoms with Crippen LogP contribution in [0.15, 0.2) is 30.5 Å². The van der Waals surface area contributed by atoms with Gasteiger partial charge in [-0.25, -0.2) is 0 Å². The van der Waals surface area contributed by atoms with Crippen LogP contribution in [-0.2, 0) is 0 Å². The van der Waals surface area contributed by atoms with Crippen LogP contribution >= 0.6 is 0 Å². The van der Waals surface area contributed by atoms with E-state index < -0.39 is 0 Å². The topological polar surface area (TPSA) is 30.0 Å². The summed E-state index contributed by atoms with van der Waals surface area (Å²) in [6, 6.07) is 7.66. The van der Waals surface area contributed by atoms with Crippen LogP contribution in [-0.4, -0.2) is 10.8 Å². The number of hydrogen-bond acceptors (Lipinski definition) is 2. The Bertz CT molecular complexity index is 614. The summed E-state index contributed by atoms with van der Waals surface area (Å²) in [5.41, 5.74) is 5.47. The molecular weight excluding hydrogens is 198 g/mol. The number of ketones is 1. The van der Waals surface area contributed by atoms with E-state index in [1.54, 1.807) is 0 Å². The Hall–Kier alpha value is -1.96. The molecule has 0 N–H and O–H groups in total. The van der Waals surface area contributed by atoms with Crippen LogP contribution in [0.3, 0.4) is 0 Å². The minimum Gasteiger partial charge on any atom is -0.288 e. The standard InChI is InChI=1S/C14H11NO/c1-8-7-15-13-10-5-3-4-6-11(10)14(16)12(13)9(8)2/h3-7H,1-2H3. The smallest absolute Gasteiger partial charge is 0.196 e. The van der Waals surface area contributed by atoms with Gasteiger partial charge in [0.05, 0.1) is 11.3 Å². The fourth-order valence-corrected chi connectivity index (χ4v) is 2.20. The van der Waals surface area contributed by atoms with Crippen LogP contribution in [0.25, 0.3) is 11.3 Å². The zero-order valence-corrected chi connectivity index (χ0v) is 9.24. The molecule has 1 heterocycles. The van der Waals surface area contributed by atoms with Crippen LogP contribution in [0.1, 0.15) is 27.0 Å². The molecule has 2 nitrogen and oxygen atoms in total. The van der Waals surface area contributed by atoms with Crippen LogP contribution in [0.4, 0.5) is 0 Å². The molecule has 0 radical (unpaired) electrons. The second-order valence-corrected chi connectivity index (χ2v) is 4.16. The monoisotopic (exact) mass is 209 g/mol. The molecule has 2 heteroatoms. The highest BCUT2D eigenvalue weighted by Gasteiger charge is 2.29. The number of aryl methyl sites for hydroxylation is 1. The Morgan fingerprint density at radius 1 is 1.06 bits per heavy atom. The molecule has 0 amide bonds. The first-order valence-electron chi connectivity index (χ1n) is 5.30. The molecule has 0 saturated carbocycles. The highest BCUT2D eigenvalue weighted by molar-refractivity contribution is 6.21. The average molecular weight is 209 g/mol. The SMILES string of the molecule is Cc1cnc2c(c1C)C(=O)c1ccccc1-2. The Kier molecular flexibility index (Phi) is 1.75. The number of rotatable bonds is 0. The molecule has 0 aliphatic heterocycles. The lowest BCUT2D eigenvalue weighted by Crippen LogP contribution is -2.00. The molecule has 1 aromatic carbocycles. The second kappa shape index (κ2) is 3.01. The summed E-state index contributed by atoms with van der Waals surface area (Å²) in [7, 11) is 0. The van der Waals surface area contributed by atoms with Gasteiger partial charge in [0.15, 0.2) is 5.78 Å². The highest BCUT2D eigenvalue weighted by Crippen LogP contribution is 2.36. The number of carbonyl (C=O) groups excluding carboxylic acids is 1. The van der Waals surface area contributed by atoms with Gasteiger partial charge < -0.3 is 0 Å². The highest BCUT2D eigenvalue weighted by atomic mass is 16.1. The van der Waals surface area contributed by atoms with E-state index in [0.717, 1.165) is 33.5 Å². The summed E-state index contributed by atoms with van der Waals surface area (Å²) in [5.74, 6) is 0.110. The van der Waals surface area contributed by atoms with E-state index in [-0.39, 0.29) is 5.78 Å². The van der Waals surface area contributed by atoms with E-state index in [9.17, 15) is 4.79 Å². The van der Waals surface area contributed by atoms with Gasteiger partial charge in [-0.15, -0.1) is 0 Å². The predicted molar refractivity (Wildman–Crippen MR) is 62.6 cm³/mol. The molecule has 0 saturated heterocycles. The van der Waals surface area contributed by atoms with Crippen molar-refractivity contribution < 1.29 is 4.79 Å². The van der Waals surface area contributed by atoms with E-state index in [2.05, 4.69) is 4.98 Å². The molecular formula is C14H11NO. The maximum Gasteiger partial charge on any atom is 0.196 e. The molecule has 0 unspecified atom stereocenters. The number of pyridine rings is 1. The lowest BCUT2D eigenvalue weighted by atomic mass is 10.0. The van der Waals surface area contributed by atoms with Crippen molar-refractivity contribution in [1.82, 2.24) is 4.98 Å². The van der Waals surface area contributed by atoms with Crippen molar-refractivity contribution in [2.24, 2.45) is 0 Å². The third-order valence-corrected chi connectivity index (χ3v) is 3.24. The van der Waals surface area contributed by atoms with Gasteiger partial charge in [0, 0.05) is 17.3 Å². The molecule has 0 fully saturated rings. The zero-order valence-electron chi connectivity index (χ0n) is 9.24. The Morgan fingerprint density at radius 2 is 1.75 bits per heavy atom. The summed E-state index contributed by atoms with van der Waals surface area (Å²) in [4.78, 5) is 16.6. The molecule has 3 rings (SSSR count). The van der Waals surface area contributed by atoms with Crippen molar-refractivity contribution in [2.45, 2.75) is 13.8 Å². The van der Waals surface area contributed by atoms with Gasteiger partial charge in [-0.3, -0.25) is 9.78 Å². The van der Waals surface area contributed by atoms with E-state index in [0.29, 0.717) is 0 Å². The second-order valence-electron chi connectivity index (χ2n) is 4.16. The third kappa shape index (κ3) is 1.01. The van der Waals surface area contributed by atoms with Gasteiger partial charge in [0.1, 0.15) is 0 Å². The minimum atomic E-state index is 0.110. The number of hydrogen-bond donors (Lipinski definition) is 0. The fraction of sp³-hybridized carbons (Fsp3) is 0.143. The molecule has 1 aromatic heterocycles. The normalized spacial score (nSPS) is 12.5. The van der Waals surface area contributed by atoms with Crippen molar-refractivity contribution in [1.29, 1.82) is 0 Å². The summed E-state index contributed by atoms with van der Waals surface area (Å²) >= 11 is 0. The number of nitrogens with zero attached hydrogens (tertiary/aromatic N) is 1. The van der Waals surface area contributed by atoms with E-state index >= 15 is 0 Å². The largest absolute Gasteiger partial charge is 0.288 e. The molecule has 0 bridgehead atoms. The average Bonchev–Trinajstić information content (AvgIpc) is 2.59. The van der Waals surface area contributed by atoms with Crippen LogP contribution in [0.2, 0.25) is 0 Å². The number of aromatic nitrogens is 1. The molecule has 0 spiro atoms. The summed E-state index contributed by atoms with van der Waals surface area (Å²) in [6.07, 6.45) is 1.84. The first-order valence-corrected chi connectivity index (χ1v) is 5.30. The van der Waals surface area contributed by atoms with Gasteiger partial charge in [-0.1, -0.05) is 24.3 Å². The first-order chi connectivity index (χ1) is 7.70. The maximum atomic E-state index is 12.2. The Labute approximate surface area is 94.0 Å². The third-order valence-electron chi connectivity index (χ3n) is 3.24. The number of carbonyl (C=O) groups is 1. The van der Waals surface area contributed by atoms with Crippen molar-refractivity contribution >= 4 is 5.78 Å².